The molecule has 1 N–H and O–H groups in total. The molecule has 26 heavy (non-hydrogen) atoms. The summed E-state index contributed by atoms with van der Waals surface area (Å²) < 4.78 is 39.7. The van der Waals surface area contributed by atoms with Gasteiger partial charge in [0.1, 0.15) is 5.82 Å². The summed E-state index contributed by atoms with van der Waals surface area (Å²) in [5, 5.41) is 2.47. The van der Waals surface area contributed by atoms with Gasteiger partial charge in [-0.3, -0.25) is 4.79 Å². The molecule has 1 amide bonds. The maximum Gasteiger partial charge on any atom is 0.243 e. The van der Waals surface area contributed by atoms with Crippen molar-refractivity contribution in [2.24, 2.45) is 0 Å². The van der Waals surface area contributed by atoms with Crippen LogP contribution in [-0.2, 0) is 14.8 Å². The number of aryl methyl sites for hydroxylation is 2. The summed E-state index contributed by atoms with van der Waals surface area (Å²) in [7, 11) is -3.98. The highest BCUT2D eigenvalue weighted by Crippen LogP contribution is 2.23. The Balaban J connectivity index is 2.22. The van der Waals surface area contributed by atoms with Crippen molar-refractivity contribution in [2.75, 3.05) is 18.4 Å². The van der Waals surface area contributed by atoms with Gasteiger partial charge in [0.15, 0.2) is 0 Å². The molecule has 0 saturated carbocycles. The first-order chi connectivity index (χ1) is 12.2. The number of carbonyl (C=O) groups is 1. The number of anilines is 1. The van der Waals surface area contributed by atoms with E-state index in [9.17, 15) is 17.6 Å². The number of hydrogen-bond acceptors (Lipinski definition) is 3. The molecule has 0 aromatic heterocycles. The fourth-order valence-corrected chi connectivity index (χ4v) is 4.18. The van der Waals surface area contributed by atoms with Crippen molar-refractivity contribution in [3.8, 4) is 0 Å². The Morgan fingerprint density at radius 3 is 2.35 bits per heavy atom. The number of amides is 1. The first-order valence-electron chi connectivity index (χ1n) is 7.98. The van der Waals surface area contributed by atoms with Crippen molar-refractivity contribution >= 4 is 33.2 Å². The minimum absolute atomic E-state index is 0.0809. The third-order valence-corrected chi connectivity index (χ3v) is 6.15. The predicted octanol–water partition coefficient (Wildman–Crippen LogP) is 3.75. The number of halogens is 2. The topological polar surface area (TPSA) is 66.5 Å². The second-order valence-electron chi connectivity index (χ2n) is 5.82. The number of benzene rings is 2. The zero-order valence-corrected chi connectivity index (χ0v) is 16.3. The van der Waals surface area contributed by atoms with Crippen molar-refractivity contribution < 1.29 is 17.6 Å². The van der Waals surface area contributed by atoms with Gasteiger partial charge in [0.25, 0.3) is 0 Å². The average Bonchev–Trinajstić information content (AvgIpc) is 2.58. The standard InChI is InChI=1S/C18H20ClFN2O3S/c1-4-22(26(24,25)14-8-9-16(20)15(19)10-14)11-17(23)21-18-12(2)6-5-7-13(18)3/h5-10H,4,11H2,1-3H3,(H,21,23). The summed E-state index contributed by atoms with van der Waals surface area (Å²) in [6, 6.07) is 8.75. The van der Waals surface area contributed by atoms with Crippen molar-refractivity contribution in [3.05, 3.63) is 58.4 Å². The minimum atomic E-state index is -3.98. The van der Waals surface area contributed by atoms with Crippen LogP contribution in [0.4, 0.5) is 10.1 Å². The summed E-state index contributed by atoms with van der Waals surface area (Å²) in [5.74, 6) is -1.16. The van der Waals surface area contributed by atoms with Crippen LogP contribution in [0.15, 0.2) is 41.3 Å². The van der Waals surface area contributed by atoms with E-state index in [1.165, 1.54) is 0 Å². The van der Waals surface area contributed by atoms with E-state index in [1.807, 2.05) is 32.0 Å². The van der Waals surface area contributed by atoms with E-state index in [0.29, 0.717) is 5.69 Å². The molecule has 0 bridgehead atoms. The number of likely N-dealkylation sites (N-methyl/N-ethyl adjacent to an activating group) is 1. The first kappa shape index (κ1) is 20.4. The predicted molar refractivity (Wildman–Crippen MR) is 100 cm³/mol. The van der Waals surface area contributed by atoms with E-state index in [0.717, 1.165) is 33.6 Å². The summed E-state index contributed by atoms with van der Waals surface area (Å²) in [6.07, 6.45) is 0. The van der Waals surface area contributed by atoms with Crippen LogP contribution in [0.1, 0.15) is 18.1 Å². The maximum atomic E-state index is 13.3. The summed E-state index contributed by atoms with van der Waals surface area (Å²) in [4.78, 5) is 12.2. The number of para-hydroxylation sites is 1. The third kappa shape index (κ3) is 4.41. The highest BCUT2D eigenvalue weighted by Gasteiger charge is 2.26. The zero-order valence-electron chi connectivity index (χ0n) is 14.7. The van der Waals surface area contributed by atoms with Gasteiger partial charge in [-0.2, -0.15) is 4.31 Å². The van der Waals surface area contributed by atoms with E-state index >= 15 is 0 Å². The van der Waals surface area contributed by atoms with E-state index in [4.69, 9.17) is 11.6 Å². The minimum Gasteiger partial charge on any atom is -0.324 e. The fraction of sp³-hybridized carbons (Fsp3) is 0.278. The molecular weight excluding hydrogens is 379 g/mol. The Bertz CT molecular complexity index is 912. The zero-order chi connectivity index (χ0) is 19.5. The first-order valence-corrected chi connectivity index (χ1v) is 9.80. The van der Waals surface area contributed by atoms with Gasteiger partial charge in [0.05, 0.1) is 16.5 Å². The lowest BCUT2D eigenvalue weighted by molar-refractivity contribution is -0.116. The Kier molecular flexibility index (Phi) is 6.39. The second kappa shape index (κ2) is 8.16. The van der Waals surface area contributed by atoms with E-state index in [2.05, 4.69) is 5.32 Å². The number of nitrogens with one attached hydrogen (secondary N) is 1. The quantitative estimate of drug-likeness (QED) is 0.805. The van der Waals surface area contributed by atoms with Crippen LogP contribution in [0.2, 0.25) is 5.02 Å². The Labute approximate surface area is 157 Å². The second-order valence-corrected chi connectivity index (χ2v) is 8.17. The van der Waals surface area contributed by atoms with Gasteiger partial charge >= 0.3 is 0 Å². The fourth-order valence-electron chi connectivity index (χ4n) is 2.50. The summed E-state index contributed by atoms with van der Waals surface area (Å²) in [5.41, 5.74) is 2.43. The van der Waals surface area contributed by atoms with Gasteiger partial charge < -0.3 is 5.32 Å². The number of sulfonamides is 1. The van der Waals surface area contributed by atoms with Gasteiger partial charge in [-0.15, -0.1) is 0 Å². The van der Waals surface area contributed by atoms with Gasteiger partial charge in [0.2, 0.25) is 15.9 Å². The van der Waals surface area contributed by atoms with Crippen LogP contribution in [0.25, 0.3) is 0 Å². The molecule has 0 saturated heterocycles. The largest absolute Gasteiger partial charge is 0.324 e. The highest BCUT2D eigenvalue weighted by atomic mass is 35.5. The average molecular weight is 399 g/mol. The van der Waals surface area contributed by atoms with E-state index in [-0.39, 0.29) is 23.0 Å². The van der Waals surface area contributed by atoms with Gasteiger partial charge in [0, 0.05) is 12.2 Å². The summed E-state index contributed by atoms with van der Waals surface area (Å²) in [6.45, 7) is 5.06. The molecule has 0 aliphatic heterocycles. The van der Waals surface area contributed by atoms with Crippen LogP contribution in [0.5, 0.6) is 0 Å². The monoisotopic (exact) mass is 398 g/mol. The van der Waals surface area contributed by atoms with Crippen molar-refractivity contribution in [2.45, 2.75) is 25.7 Å². The molecule has 0 unspecified atom stereocenters. The lowest BCUT2D eigenvalue weighted by Crippen LogP contribution is -2.38. The summed E-state index contributed by atoms with van der Waals surface area (Å²) >= 11 is 5.68. The van der Waals surface area contributed by atoms with Crippen LogP contribution in [-0.4, -0.2) is 31.7 Å². The molecule has 2 aromatic carbocycles. The molecule has 8 heteroatoms. The maximum absolute atomic E-state index is 13.3. The Hall–Kier alpha value is -1.96. The molecule has 2 aromatic rings. The number of hydrogen-bond donors (Lipinski definition) is 1. The number of carbonyl (C=O) groups excluding carboxylic acids is 1. The smallest absolute Gasteiger partial charge is 0.243 e. The molecule has 0 radical (unpaired) electrons. The third-order valence-electron chi connectivity index (χ3n) is 3.95. The van der Waals surface area contributed by atoms with Crippen molar-refractivity contribution in [3.63, 3.8) is 0 Å². The highest BCUT2D eigenvalue weighted by molar-refractivity contribution is 7.89. The molecule has 0 spiro atoms. The SMILES string of the molecule is CCN(CC(=O)Nc1c(C)cccc1C)S(=O)(=O)c1ccc(F)c(Cl)c1. The van der Waals surface area contributed by atoms with Crippen LogP contribution < -0.4 is 5.32 Å². The van der Waals surface area contributed by atoms with Gasteiger partial charge in [-0.1, -0.05) is 36.7 Å². The van der Waals surface area contributed by atoms with Crippen LogP contribution in [0, 0.1) is 19.7 Å². The molecule has 5 nitrogen and oxygen atoms in total. The lowest BCUT2D eigenvalue weighted by atomic mass is 10.1. The van der Waals surface area contributed by atoms with Crippen molar-refractivity contribution in [1.29, 1.82) is 0 Å². The molecule has 140 valence electrons. The Morgan fingerprint density at radius 2 is 1.81 bits per heavy atom. The Morgan fingerprint density at radius 1 is 1.19 bits per heavy atom. The van der Waals surface area contributed by atoms with Crippen LogP contribution >= 0.6 is 11.6 Å². The molecule has 0 heterocycles. The van der Waals surface area contributed by atoms with Crippen molar-refractivity contribution in [1.82, 2.24) is 4.31 Å². The molecule has 0 aliphatic carbocycles. The van der Waals surface area contributed by atoms with E-state index < -0.39 is 21.7 Å². The van der Waals surface area contributed by atoms with Crippen LogP contribution in [0.3, 0.4) is 0 Å². The normalized spacial score (nSPS) is 11.6. The van der Waals surface area contributed by atoms with Gasteiger partial charge in [-0.05, 0) is 43.2 Å². The molecule has 0 fully saturated rings. The number of nitrogens with zero attached hydrogens (tertiary/aromatic N) is 1. The molecule has 0 aliphatic rings. The lowest BCUT2D eigenvalue weighted by Gasteiger charge is -2.21. The molecule has 0 atom stereocenters. The van der Waals surface area contributed by atoms with E-state index in [1.54, 1.807) is 6.92 Å². The number of rotatable bonds is 6. The molecular formula is C18H20ClFN2O3S. The molecule has 2 rings (SSSR count). The van der Waals surface area contributed by atoms with Gasteiger partial charge in [-0.25, -0.2) is 12.8 Å².